The van der Waals surface area contributed by atoms with Gasteiger partial charge in [0.25, 0.3) is 0 Å². The quantitative estimate of drug-likeness (QED) is 0.633. The molecule has 0 radical (unpaired) electrons. The number of hydrogen-bond acceptors (Lipinski definition) is 2. The van der Waals surface area contributed by atoms with E-state index in [1.165, 1.54) is 15.8 Å². The molecule has 0 fully saturated rings. The van der Waals surface area contributed by atoms with Crippen LogP contribution < -0.4 is 5.32 Å². The fraction of sp³-hybridized carbons (Fsp3) is 0.312. The van der Waals surface area contributed by atoms with E-state index < -0.39 is 0 Å². The minimum atomic E-state index is 0.0927. The van der Waals surface area contributed by atoms with Crippen molar-refractivity contribution < 1.29 is 4.79 Å². The third kappa shape index (κ3) is 3.58. The maximum atomic E-state index is 11.2. The smallest absolute Gasteiger partial charge is 0.219 e. The van der Waals surface area contributed by atoms with E-state index in [0.29, 0.717) is 12.2 Å². The van der Waals surface area contributed by atoms with E-state index in [-0.39, 0.29) is 5.91 Å². The second-order valence-corrected chi connectivity index (χ2v) is 5.59. The molecule has 3 nitrogen and oxygen atoms in total. The molecule has 0 saturated carbocycles. The van der Waals surface area contributed by atoms with Crippen LogP contribution in [0.1, 0.15) is 18.4 Å². The zero-order chi connectivity index (χ0) is 14.4. The standard InChI is InChI=1S/C16H18N2OS/c1-3-9-20-13-7-8-15-14(10-13)12(11-18-15)5-4-6-16(19)17-2/h1,7-8,10-11,18H,4-6,9H2,2H3,(H,17,19). The van der Waals surface area contributed by atoms with Crippen molar-refractivity contribution in [3.8, 4) is 12.3 Å². The minimum absolute atomic E-state index is 0.0927. The Balaban J connectivity index is 2.09. The van der Waals surface area contributed by atoms with E-state index in [1.54, 1.807) is 18.8 Å². The van der Waals surface area contributed by atoms with Gasteiger partial charge in [-0.25, -0.2) is 0 Å². The van der Waals surface area contributed by atoms with Crippen molar-refractivity contribution in [1.29, 1.82) is 0 Å². The number of benzene rings is 1. The summed E-state index contributed by atoms with van der Waals surface area (Å²) in [5.41, 5.74) is 2.39. The lowest BCUT2D eigenvalue weighted by Crippen LogP contribution is -2.17. The van der Waals surface area contributed by atoms with Crippen molar-refractivity contribution in [3.05, 3.63) is 30.0 Å². The van der Waals surface area contributed by atoms with Crippen LogP contribution in [0.15, 0.2) is 29.3 Å². The molecule has 0 spiro atoms. The number of fused-ring (bicyclic) bond motifs is 1. The highest BCUT2D eigenvalue weighted by Crippen LogP contribution is 2.26. The van der Waals surface area contributed by atoms with Gasteiger partial charge in [0.05, 0.1) is 5.75 Å². The Kier molecular flexibility index (Phi) is 5.14. The van der Waals surface area contributed by atoms with Gasteiger partial charge in [-0.05, 0) is 36.6 Å². The van der Waals surface area contributed by atoms with Crippen LogP contribution in [0.25, 0.3) is 10.9 Å². The van der Waals surface area contributed by atoms with Gasteiger partial charge < -0.3 is 10.3 Å². The molecule has 20 heavy (non-hydrogen) atoms. The molecule has 0 aliphatic rings. The number of terminal acetylenes is 1. The fourth-order valence-electron chi connectivity index (χ4n) is 2.14. The zero-order valence-corrected chi connectivity index (χ0v) is 12.3. The number of aromatic nitrogens is 1. The summed E-state index contributed by atoms with van der Waals surface area (Å²) >= 11 is 1.67. The van der Waals surface area contributed by atoms with Gasteiger partial charge in [-0.3, -0.25) is 4.79 Å². The van der Waals surface area contributed by atoms with Gasteiger partial charge in [0, 0.05) is 35.5 Å². The summed E-state index contributed by atoms with van der Waals surface area (Å²) in [6.45, 7) is 0. The van der Waals surface area contributed by atoms with E-state index in [1.807, 2.05) is 6.20 Å². The molecule has 1 aromatic carbocycles. The molecule has 0 aliphatic carbocycles. The normalized spacial score (nSPS) is 10.4. The van der Waals surface area contributed by atoms with Gasteiger partial charge in [-0.2, -0.15) is 0 Å². The van der Waals surface area contributed by atoms with Crippen molar-refractivity contribution >= 4 is 28.6 Å². The summed E-state index contributed by atoms with van der Waals surface area (Å²) in [4.78, 5) is 15.7. The number of aryl methyl sites for hydroxylation is 1. The average molecular weight is 286 g/mol. The Morgan fingerprint density at radius 2 is 2.35 bits per heavy atom. The lowest BCUT2D eigenvalue weighted by Gasteiger charge is -2.02. The second kappa shape index (κ2) is 7.06. The highest BCUT2D eigenvalue weighted by molar-refractivity contribution is 7.99. The molecule has 0 bridgehead atoms. The number of carbonyl (C=O) groups excluding carboxylic acids is 1. The summed E-state index contributed by atoms with van der Waals surface area (Å²) in [5, 5.41) is 3.87. The molecule has 0 aliphatic heterocycles. The maximum absolute atomic E-state index is 11.2. The number of nitrogens with one attached hydrogen (secondary N) is 2. The Morgan fingerprint density at radius 3 is 3.10 bits per heavy atom. The highest BCUT2D eigenvalue weighted by atomic mass is 32.2. The van der Waals surface area contributed by atoms with Gasteiger partial charge in [0.2, 0.25) is 5.91 Å². The van der Waals surface area contributed by atoms with Crippen LogP contribution in [0.2, 0.25) is 0 Å². The van der Waals surface area contributed by atoms with E-state index in [0.717, 1.165) is 18.4 Å². The Morgan fingerprint density at radius 1 is 1.50 bits per heavy atom. The lowest BCUT2D eigenvalue weighted by atomic mass is 10.1. The molecule has 0 saturated heterocycles. The monoisotopic (exact) mass is 286 g/mol. The van der Waals surface area contributed by atoms with Crippen LogP contribution in [-0.4, -0.2) is 23.7 Å². The molecule has 0 unspecified atom stereocenters. The molecule has 2 N–H and O–H groups in total. The highest BCUT2D eigenvalue weighted by Gasteiger charge is 2.06. The van der Waals surface area contributed by atoms with E-state index >= 15 is 0 Å². The van der Waals surface area contributed by atoms with Crippen molar-refractivity contribution in [2.45, 2.75) is 24.2 Å². The SMILES string of the molecule is C#CCSc1ccc2[nH]cc(CCCC(=O)NC)c2c1. The first-order chi connectivity index (χ1) is 9.74. The van der Waals surface area contributed by atoms with Gasteiger partial charge in [0.1, 0.15) is 0 Å². The summed E-state index contributed by atoms with van der Waals surface area (Å²) in [6, 6.07) is 6.33. The summed E-state index contributed by atoms with van der Waals surface area (Å²) in [5.74, 6) is 3.41. The van der Waals surface area contributed by atoms with E-state index in [9.17, 15) is 4.79 Å². The number of H-pyrrole nitrogens is 1. The molecule has 1 heterocycles. The zero-order valence-electron chi connectivity index (χ0n) is 11.5. The molecule has 4 heteroatoms. The van der Waals surface area contributed by atoms with Crippen molar-refractivity contribution in [2.24, 2.45) is 0 Å². The first kappa shape index (κ1) is 14.5. The van der Waals surface area contributed by atoms with Crippen LogP contribution >= 0.6 is 11.8 Å². The van der Waals surface area contributed by atoms with Crippen molar-refractivity contribution in [2.75, 3.05) is 12.8 Å². The van der Waals surface area contributed by atoms with Crippen LogP contribution in [0.5, 0.6) is 0 Å². The van der Waals surface area contributed by atoms with Gasteiger partial charge >= 0.3 is 0 Å². The molecule has 104 valence electrons. The van der Waals surface area contributed by atoms with E-state index in [2.05, 4.69) is 34.4 Å². The number of thioether (sulfide) groups is 1. The summed E-state index contributed by atoms with van der Waals surface area (Å²) in [7, 11) is 1.67. The lowest BCUT2D eigenvalue weighted by molar-refractivity contribution is -0.120. The average Bonchev–Trinajstić information content (AvgIpc) is 2.87. The largest absolute Gasteiger partial charge is 0.361 e. The van der Waals surface area contributed by atoms with E-state index in [4.69, 9.17) is 6.42 Å². The number of amides is 1. The molecule has 1 amide bonds. The van der Waals surface area contributed by atoms with Crippen LogP contribution in [0.4, 0.5) is 0 Å². The predicted molar refractivity (Wildman–Crippen MR) is 84.9 cm³/mol. The van der Waals surface area contributed by atoms with Gasteiger partial charge in [-0.15, -0.1) is 18.2 Å². The molecule has 2 aromatic rings. The number of hydrogen-bond donors (Lipinski definition) is 2. The number of carbonyl (C=O) groups is 1. The minimum Gasteiger partial charge on any atom is -0.361 e. The first-order valence-corrected chi connectivity index (χ1v) is 7.60. The number of rotatable bonds is 6. The maximum Gasteiger partial charge on any atom is 0.219 e. The third-order valence-corrected chi connectivity index (χ3v) is 4.09. The molecule has 1 aromatic heterocycles. The fourth-order valence-corrected chi connectivity index (χ4v) is 2.76. The second-order valence-electron chi connectivity index (χ2n) is 4.54. The van der Waals surface area contributed by atoms with Crippen LogP contribution in [0, 0.1) is 12.3 Å². The van der Waals surface area contributed by atoms with Crippen LogP contribution in [0.3, 0.4) is 0 Å². The topological polar surface area (TPSA) is 44.9 Å². The Bertz CT molecular complexity index is 639. The molecular formula is C16H18N2OS. The molecule has 2 rings (SSSR count). The first-order valence-electron chi connectivity index (χ1n) is 6.61. The molecular weight excluding hydrogens is 268 g/mol. The Labute approximate surface area is 123 Å². The van der Waals surface area contributed by atoms with Crippen LogP contribution in [-0.2, 0) is 11.2 Å². The Hall–Kier alpha value is -1.86. The summed E-state index contributed by atoms with van der Waals surface area (Å²) < 4.78 is 0. The predicted octanol–water partition coefficient (Wildman–Crippen LogP) is 2.96. The van der Waals surface area contributed by atoms with Gasteiger partial charge in [-0.1, -0.05) is 5.92 Å². The van der Waals surface area contributed by atoms with Crippen molar-refractivity contribution in [1.82, 2.24) is 10.3 Å². The summed E-state index contributed by atoms with van der Waals surface area (Å²) in [6.07, 6.45) is 9.64. The third-order valence-electron chi connectivity index (χ3n) is 3.19. The van der Waals surface area contributed by atoms with Gasteiger partial charge in [0.15, 0.2) is 0 Å². The molecule has 0 atom stereocenters. The number of aromatic amines is 1. The van der Waals surface area contributed by atoms with Crippen molar-refractivity contribution in [3.63, 3.8) is 0 Å².